The van der Waals surface area contributed by atoms with Crippen molar-refractivity contribution in [1.82, 2.24) is 10.3 Å². The number of benzene rings is 1. The Labute approximate surface area is 275 Å². The molecule has 45 heavy (non-hydrogen) atoms. The van der Waals surface area contributed by atoms with Crippen molar-refractivity contribution in [2.75, 3.05) is 20.8 Å². The molecule has 1 aliphatic carbocycles. The van der Waals surface area contributed by atoms with Gasteiger partial charge in [-0.05, 0) is 73.8 Å². The number of hydrogen-bond acceptors (Lipinski definition) is 7. The summed E-state index contributed by atoms with van der Waals surface area (Å²) >= 11 is 4.59. The molecule has 0 spiro atoms. The summed E-state index contributed by atoms with van der Waals surface area (Å²) in [6, 6.07) is 12.1. The normalized spacial score (nSPS) is 12.8. The van der Waals surface area contributed by atoms with E-state index in [1.807, 2.05) is 57.4 Å². The number of rotatable bonds is 13. The number of carbonyl (C=O) groups is 2. The molecule has 0 radical (unpaired) electrons. The molecule has 2 aromatic rings. The van der Waals surface area contributed by atoms with Crippen molar-refractivity contribution in [1.29, 1.82) is 0 Å². The van der Waals surface area contributed by atoms with E-state index in [1.165, 1.54) is 7.11 Å². The summed E-state index contributed by atoms with van der Waals surface area (Å²) in [5, 5.41) is 2.76. The van der Waals surface area contributed by atoms with Crippen LogP contribution in [-0.4, -0.2) is 43.2 Å². The van der Waals surface area contributed by atoms with Gasteiger partial charge in [-0.3, -0.25) is 9.78 Å². The third-order valence-electron chi connectivity index (χ3n) is 6.94. The lowest BCUT2D eigenvalue weighted by Crippen LogP contribution is -2.16. The fourth-order valence-corrected chi connectivity index (χ4v) is 4.26. The predicted octanol–water partition coefficient (Wildman–Crippen LogP) is 8.51. The molecule has 1 atom stereocenters. The van der Waals surface area contributed by atoms with Crippen LogP contribution in [0.5, 0.6) is 0 Å². The summed E-state index contributed by atoms with van der Waals surface area (Å²) in [5.74, 6) is 0.0927. The highest BCUT2D eigenvalue weighted by atomic mass is 32.1. The lowest BCUT2D eigenvalue weighted by molar-refractivity contribution is -0.136. The minimum atomic E-state index is -0.378. The van der Waals surface area contributed by atoms with Crippen LogP contribution in [0, 0.1) is 5.92 Å². The van der Waals surface area contributed by atoms with Crippen LogP contribution >= 0.6 is 12.2 Å². The summed E-state index contributed by atoms with van der Waals surface area (Å²) in [5.41, 5.74) is 6.31. The number of ether oxygens (including phenoxy) is 3. The van der Waals surface area contributed by atoms with E-state index < -0.39 is 0 Å². The van der Waals surface area contributed by atoms with Crippen LogP contribution in [-0.2, 0) is 30.4 Å². The second-order valence-corrected chi connectivity index (χ2v) is 10.9. The maximum absolute atomic E-state index is 13.0. The van der Waals surface area contributed by atoms with Crippen molar-refractivity contribution in [3.63, 3.8) is 0 Å². The van der Waals surface area contributed by atoms with Crippen molar-refractivity contribution in [3.05, 3.63) is 95.4 Å². The molecule has 0 saturated heterocycles. The third-order valence-corrected chi connectivity index (χ3v) is 7.14. The van der Waals surface area contributed by atoms with Gasteiger partial charge in [0.2, 0.25) is 0 Å². The smallest absolute Gasteiger partial charge is 0.337 e. The minimum absolute atomic E-state index is 0.0517. The number of hydrogen-bond donors (Lipinski definition) is 1. The van der Waals surface area contributed by atoms with Crippen LogP contribution in [0.1, 0.15) is 89.1 Å². The number of allylic oxidation sites excluding steroid dienone is 5. The second kappa shape index (κ2) is 22.5. The molecule has 244 valence electrons. The van der Waals surface area contributed by atoms with E-state index in [1.54, 1.807) is 6.92 Å². The van der Waals surface area contributed by atoms with E-state index in [2.05, 4.69) is 67.0 Å². The maximum Gasteiger partial charge on any atom is 0.337 e. The Hall–Kier alpha value is -4.04. The van der Waals surface area contributed by atoms with Gasteiger partial charge in [-0.2, -0.15) is 0 Å². The van der Waals surface area contributed by atoms with E-state index in [0.29, 0.717) is 31.0 Å². The SMILES string of the molecule is C=C(CCC)c1cc(C2=CCCC=C2)ncc1/C(OCc1ccccc1)=C(/C(=O)OC)C(C)CC.CCOC=O.CNC(C)=S. The molecular weight excluding hydrogens is 584 g/mol. The first-order chi connectivity index (χ1) is 21.7. The van der Waals surface area contributed by atoms with Crippen LogP contribution in [0.3, 0.4) is 0 Å². The van der Waals surface area contributed by atoms with Crippen LogP contribution in [0.25, 0.3) is 16.9 Å². The van der Waals surface area contributed by atoms with E-state index in [4.69, 9.17) is 14.5 Å². The van der Waals surface area contributed by atoms with Gasteiger partial charge in [0.1, 0.15) is 12.4 Å². The van der Waals surface area contributed by atoms with Crippen LogP contribution < -0.4 is 5.32 Å². The summed E-state index contributed by atoms with van der Waals surface area (Å²) in [7, 11) is 3.22. The quantitative estimate of drug-likeness (QED) is 0.0772. The molecule has 0 fully saturated rings. The Morgan fingerprint density at radius 1 is 1.16 bits per heavy atom. The van der Waals surface area contributed by atoms with Crippen LogP contribution in [0.4, 0.5) is 0 Å². The summed E-state index contributed by atoms with van der Waals surface area (Å²) in [6.45, 7) is 15.5. The van der Waals surface area contributed by atoms with E-state index in [0.717, 1.165) is 70.6 Å². The van der Waals surface area contributed by atoms with E-state index in [-0.39, 0.29) is 11.9 Å². The van der Waals surface area contributed by atoms with Gasteiger partial charge < -0.3 is 19.5 Å². The number of methoxy groups -OCH3 is 1. The number of carbonyl (C=O) groups excluding carboxylic acids is 2. The van der Waals surface area contributed by atoms with E-state index in [9.17, 15) is 9.59 Å². The molecule has 1 aromatic carbocycles. The van der Waals surface area contributed by atoms with Crippen molar-refractivity contribution >= 4 is 46.6 Å². The zero-order chi connectivity index (χ0) is 33.6. The van der Waals surface area contributed by atoms with Crippen molar-refractivity contribution in [2.45, 2.75) is 73.3 Å². The monoisotopic (exact) mass is 634 g/mol. The van der Waals surface area contributed by atoms with Gasteiger partial charge in [-0.25, -0.2) is 4.79 Å². The molecule has 0 bridgehead atoms. The molecule has 3 rings (SSSR count). The fraction of sp³-hybridized carbons (Fsp3) is 0.405. The Morgan fingerprint density at radius 3 is 2.33 bits per heavy atom. The van der Waals surface area contributed by atoms with Gasteiger partial charge in [-0.15, -0.1) is 0 Å². The summed E-state index contributed by atoms with van der Waals surface area (Å²) in [6.07, 6.45) is 13.0. The Bertz CT molecular complexity index is 1330. The highest BCUT2D eigenvalue weighted by molar-refractivity contribution is 7.80. The Kier molecular flexibility index (Phi) is 19.5. The maximum atomic E-state index is 13.0. The van der Waals surface area contributed by atoms with E-state index >= 15 is 0 Å². The van der Waals surface area contributed by atoms with Crippen molar-refractivity contribution < 1.29 is 23.8 Å². The molecule has 0 saturated carbocycles. The molecule has 0 amide bonds. The molecule has 0 aliphatic heterocycles. The van der Waals surface area contributed by atoms with Gasteiger partial charge in [-0.1, -0.05) is 94.5 Å². The predicted molar refractivity (Wildman–Crippen MR) is 189 cm³/mol. The molecule has 1 N–H and O–H groups in total. The molecule has 1 aliphatic rings. The lowest BCUT2D eigenvalue weighted by Gasteiger charge is -2.22. The van der Waals surface area contributed by atoms with Gasteiger partial charge in [0.05, 0.1) is 30.0 Å². The fourth-order valence-electron chi connectivity index (χ4n) is 4.26. The highest BCUT2D eigenvalue weighted by Crippen LogP contribution is 2.35. The number of nitrogens with zero attached hydrogens (tertiary/aromatic N) is 1. The first-order valence-corrected chi connectivity index (χ1v) is 15.9. The zero-order valence-electron chi connectivity index (χ0n) is 28.0. The number of esters is 1. The minimum Gasteiger partial charge on any atom is -0.488 e. The molecule has 1 unspecified atom stereocenters. The number of nitrogens with one attached hydrogen (secondary N) is 1. The average molecular weight is 635 g/mol. The number of aromatic nitrogens is 1. The number of pyridine rings is 1. The largest absolute Gasteiger partial charge is 0.488 e. The molecule has 7 nitrogen and oxygen atoms in total. The molecule has 8 heteroatoms. The van der Waals surface area contributed by atoms with Crippen molar-refractivity contribution in [2.24, 2.45) is 5.92 Å². The first-order valence-electron chi connectivity index (χ1n) is 15.5. The Morgan fingerprint density at radius 2 is 1.84 bits per heavy atom. The lowest BCUT2D eigenvalue weighted by atomic mass is 9.90. The van der Waals surface area contributed by atoms with Crippen molar-refractivity contribution in [3.8, 4) is 0 Å². The topological polar surface area (TPSA) is 86.8 Å². The van der Waals surface area contributed by atoms with Crippen LogP contribution in [0.2, 0.25) is 0 Å². The highest BCUT2D eigenvalue weighted by Gasteiger charge is 2.27. The Balaban J connectivity index is 0.000000877. The zero-order valence-corrected chi connectivity index (χ0v) is 28.8. The molecular formula is C37H50N2O5S. The summed E-state index contributed by atoms with van der Waals surface area (Å²) < 4.78 is 15.8. The standard InChI is InChI=1S/C31H37NO3.C3H7NS.C3H6O2/c1-6-14-23(4)26-19-28(25-17-12-9-13-18-25)32-20-27(26)30(29(22(3)7-2)31(33)34-5)35-21-24-15-10-8-11-16-24;1-3(5)4-2;1-2-5-3-4/h8,10-12,15-20,22H,4,6-7,9,13-14,21H2,1-3,5H3;1-2H3,(H,4,5);3H,2H2,1H3/b30-29-;;. The third kappa shape index (κ3) is 13.6. The van der Waals surface area contributed by atoms with Crippen LogP contribution in [0.15, 0.2) is 73.0 Å². The van der Waals surface area contributed by atoms with Gasteiger partial charge in [0, 0.05) is 18.8 Å². The molecule has 1 heterocycles. The summed E-state index contributed by atoms with van der Waals surface area (Å²) in [4.78, 5) is 27.9. The first kappa shape index (κ1) is 39.0. The molecule has 1 aromatic heterocycles. The number of thiocarbonyl (C=S) groups is 1. The average Bonchev–Trinajstić information content (AvgIpc) is 3.07. The van der Waals surface area contributed by atoms with Gasteiger partial charge >= 0.3 is 5.97 Å². The van der Waals surface area contributed by atoms with Gasteiger partial charge in [0.25, 0.3) is 6.47 Å². The van der Waals surface area contributed by atoms with Gasteiger partial charge in [0.15, 0.2) is 0 Å². The second-order valence-electron chi connectivity index (χ2n) is 10.3.